The molecule has 0 bridgehead atoms. The van der Waals surface area contributed by atoms with Gasteiger partial charge in [0, 0.05) is 18.0 Å². The number of nitrogens with zero attached hydrogens (tertiary/aromatic N) is 2. The molecule has 1 rings (SSSR count). The highest BCUT2D eigenvalue weighted by atomic mass is 32.2. The van der Waals surface area contributed by atoms with Crippen LogP contribution in [0.1, 0.15) is 13.8 Å². The topological polar surface area (TPSA) is 34.9 Å². The van der Waals surface area contributed by atoms with Crippen LogP contribution in [0.25, 0.3) is 0 Å². The predicted octanol–water partition coefficient (Wildman–Crippen LogP) is 1.63. The minimum atomic E-state index is -0.0161. The van der Waals surface area contributed by atoms with Gasteiger partial charge >= 0.3 is 0 Å². The summed E-state index contributed by atoms with van der Waals surface area (Å²) in [4.78, 5) is 11.2. The number of hydrogen-bond donors (Lipinski definition) is 0. The number of hydrogen-bond acceptors (Lipinski definition) is 3. The Morgan fingerprint density at radius 2 is 2.36 bits per heavy atom. The van der Waals surface area contributed by atoms with Gasteiger partial charge in [-0.1, -0.05) is 13.8 Å². The van der Waals surface area contributed by atoms with E-state index in [4.69, 9.17) is 0 Å². The first-order valence-corrected chi connectivity index (χ1v) is 5.95. The van der Waals surface area contributed by atoms with Crippen LogP contribution < -0.4 is 5.56 Å². The number of thioether (sulfide) groups is 1. The molecular formula is C10H16N2OS. The Hall–Kier alpha value is -0.770. The second-order valence-corrected chi connectivity index (χ2v) is 4.70. The van der Waals surface area contributed by atoms with Gasteiger partial charge in [-0.2, -0.15) is 16.9 Å². The SMILES string of the molecule is CC(C)CSCCn1ncccc1=O. The fourth-order valence-electron chi connectivity index (χ4n) is 1.03. The van der Waals surface area contributed by atoms with Gasteiger partial charge in [-0.3, -0.25) is 4.79 Å². The van der Waals surface area contributed by atoms with Gasteiger partial charge in [0.25, 0.3) is 5.56 Å². The van der Waals surface area contributed by atoms with Crippen molar-refractivity contribution in [2.45, 2.75) is 20.4 Å². The van der Waals surface area contributed by atoms with Gasteiger partial charge in [-0.05, 0) is 17.7 Å². The Labute approximate surface area is 88.5 Å². The summed E-state index contributed by atoms with van der Waals surface area (Å²) < 4.78 is 1.51. The molecule has 0 aliphatic rings. The molecule has 0 amide bonds. The zero-order valence-corrected chi connectivity index (χ0v) is 9.46. The van der Waals surface area contributed by atoms with Crippen molar-refractivity contribution in [2.24, 2.45) is 5.92 Å². The lowest BCUT2D eigenvalue weighted by Gasteiger charge is -2.05. The van der Waals surface area contributed by atoms with Gasteiger partial charge in [-0.25, -0.2) is 4.68 Å². The molecule has 1 aromatic heterocycles. The largest absolute Gasteiger partial charge is 0.268 e. The van der Waals surface area contributed by atoms with E-state index in [9.17, 15) is 4.79 Å². The summed E-state index contributed by atoms with van der Waals surface area (Å²) in [6.45, 7) is 5.09. The monoisotopic (exact) mass is 212 g/mol. The molecule has 0 saturated heterocycles. The van der Waals surface area contributed by atoms with Crippen molar-refractivity contribution >= 4 is 11.8 Å². The van der Waals surface area contributed by atoms with Gasteiger partial charge in [0.1, 0.15) is 0 Å². The Kier molecular flexibility index (Phi) is 4.73. The summed E-state index contributed by atoms with van der Waals surface area (Å²) in [6.07, 6.45) is 1.65. The summed E-state index contributed by atoms with van der Waals surface area (Å²) in [5, 5.41) is 3.99. The summed E-state index contributed by atoms with van der Waals surface area (Å²) >= 11 is 1.87. The molecule has 78 valence electrons. The van der Waals surface area contributed by atoms with Crippen molar-refractivity contribution in [1.29, 1.82) is 0 Å². The Balaban J connectivity index is 2.32. The van der Waals surface area contributed by atoms with Crippen LogP contribution in [-0.2, 0) is 6.54 Å². The smallest absolute Gasteiger partial charge is 0.266 e. The summed E-state index contributed by atoms with van der Waals surface area (Å²) in [5.41, 5.74) is -0.0161. The maximum atomic E-state index is 11.2. The first-order valence-electron chi connectivity index (χ1n) is 4.80. The molecule has 0 N–H and O–H groups in total. The van der Waals surface area contributed by atoms with Crippen LogP contribution in [0, 0.1) is 5.92 Å². The lowest BCUT2D eigenvalue weighted by molar-refractivity contribution is 0.620. The molecule has 0 saturated carbocycles. The van der Waals surface area contributed by atoms with E-state index in [0.29, 0.717) is 12.5 Å². The molecule has 0 aliphatic carbocycles. The van der Waals surface area contributed by atoms with Crippen molar-refractivity contribution in [2.75, 3.05) is 11.5 Å². The van der Waals surface area contributed by atoms with Gasteiger partial charge in [0.2, 0.25) is 0 Å². The lowest BCUT2D eigenvalue weighted by atomic mass is 10.3. The molecule has 1 aromatic rings. The van der Waals surface area contributed by atoms with E-state index in [0.717, 1.165) is 11.5 Å². The summed E-state index contributed by atoms with van der Waals surface area (Å²) in [6, 6.07) is 3.21. The highest BCUT2D eigenvalue weighted by molar-refractivity contribution is 7.99. The van der Waals surface area contributed by atoms with E-state index in [1.807, 2.05) is 11.8 Å². The molecule has 0 radical (unpaired) electrons. The molecular weight excluding hydrogens is 196 g/mol. The molecule has 0 aromatic carbocycles. The van der Waals surface area contributed by atoms with Crippen LogP contribution in [0.15, 0.2) is 23.1 Å². The first-order chi connectivity index (χ1) is 6.70. The van der Waals surface area contributed by atoms with E-state index in [2.05, 4.69) is 18.9 Å². The van der Waals surface area contributed by atoms with Crippen LogP contribution in [0.2, 0.25) is 0 Å². The fraction of sp³-hybridized carbons (Fsp3) is 0.600. The van der Waals surface area contributed by atoms with E-state index in [1.54, 1.807) is 18.3 Å². The standard InChI is InChI=1S/C10H16N2OS/c1-9(2)8-14-7-6-12-10(13)4-3-5-11-12/h3-5,9H,6-8H2,1-2H3. The second-order valence-electron chi connectivity index (χ2n) is 3.55. The van der Waals surface area contributed by atoms with Gasteiger partial charge in [0.05, 0.1) is 6.54 Å². The third kappa shape index (κ3) is 3.96. The van der Waals surface area contributed by atoms with Gasteiger partial charge in [-0.15, -0.1) is 0 Å². The fourth-order valence-corrected chi connectivity index (χ4v) is 1.97. The second kappa shape index (κ2) is 5.86. The quantitative estimate of drug-likeness (QED) is 0.696. The molecule has 0 aliphatic heterocycles. The van der Waals surface area contributed by atoms with Crippen LogP contribution in [0.4, 0.5) is 0 Å². The van der Waals surface area contributed by atoms with Crippen LogP contribution in [-0.4, -0.2) is 21.3 Å². The minimum absolute atomic E-state index is 0.0161. The molecule has 0 unspecified atom stereocenters. The molecule has 4 heteroatoms. The highest BCUT2D eigenvalue weighted by Gasteiger charge is 1.97. The predicted molar refractivity (Wildman–Crippen MR) is 60.7 cm³/mol. The van der Waals surface area contributed by atoms with E-state index in [-0.39, 0.29) is 5.56 Å². The van der Waals surface area contributed by atoms with Crippen LogP contribution >= 0.6 is 11.8 Å². The molecule has 0 atom stereocenters. The van der Waals surface area contributed by atoms with Crippen LogP contribution in [0.5, 0.6) is 0 Å². The third-order valence-corrected chi connectivity index (χ3v) is 3.06. The zero-order chi connectivity index (χ0) is 10.4. The van der Waals surface area contributed by atoms with Crippen molar-refractivity contribution in [3.63, 3.8) is 0 Å². The Morgan fingerprint density at radius 1 is 1.57 bits per heavy atom. The molecule has 14 heavy (non-hydrogen) atoms. The molecule has 1 heterocycles. The molecule has 3 nitrogen and oxygen atoms in total. The van der Waals surface area contributed by atoms with Crippen molar-refractivity contribution < 1.29 is 0 Å². The van der Waals surface area contributed by atoms with E-state index >= 15 is 0 Å². The minimum Gasteiger partial charge on any atom is -0.268 e. The maximum Gasteiger partial charge on any atom is 0.266 e. The Morgan fingerprint density at radius 3 is 3.00 bits per heavy atom. The number of aromatic nitrogens is 2. The van der Waals surface area contributed by atoms with Gasteiger partial charge in [0.15, 0.2) is 0 Å². The van der Waals surface area contributed by atoms with Crippen molar-refractivity contribution in [1.82, 2.24) is 9.78 Å². The third-order valence-electron chi connectivity index (χ3n) is 1.68. The van der Waals surface area contributed by atoms with Crippen molar-refractivity contribution in [3.05, 3.63) is 28.7 Å². The Bertz CT molecular complexity index is 322. The number of rotatable bonds is 5. The average molecular weight is 212 g/mol. The first kappa shape index (κ1) is 11.3. The van der Waals surface area contributed by atoms with Crippen molar-refractivity contribution in [3.8, 4) is 0 Å². The highest BCUT2D eigenvalue weighted by Crippen LogP contribution is 2.06. The summed E-state index contributed by atoms with van der Waals surface area (Å²) in [5.74, 6) is 2.80. The zero-order valence-electron chi connectivity index (χ0n) is 8.64. The molecule has 0 spiro atoms. The maximum absolute atomic E-state index is 11.2. The van der Waals surface area contributed by atoms with E-state index in [1.165, 1.54) is 4.68 Å². The lowest BCUT2D eigenvalue weighted by Crippen LogP contribution is -2.22. The molecule has 0 fully saturated rings. The van der Waals surface area contributed by atoms with E-state index < -0.39 is 0 Å². The normalized spacial score (nSPS) is 10.8. The number of aryl methyl sites for hydroxylation is 1. The summed E-state index contributed by atoms with van der Waals surface area (Å²) in [7, 11) is 0. The van der Waals surface area contributed by atoms with Crippen LogP contribution in [0.3, 0.4) is 0 Å². The van der Waals surface area contributed by atoms with Gasteiger partial charge < -0.3 is 0 Å². The average Bonchev–Trinajstić information content (AvgIpc) is 2.15.